The summed E-state index contributed by atoms with van der Waals surface area (Å²) in [5, 5.41) is 3.57. The van der Waals surface area contributed by atoms with Crippen LogP contribution in [0.25, 0.3) is 0 Å². The highest BCUT2D eigenvalue weighted by atomic mass is 32.1. The molecule has 0 saturated heterocycles. The number of methoxy groups -OCH3 is 1. The first kappa shape index (κ1) is 14.4. The number of anilines is 2. The van der Waals surface area contributed by atoms with Gasteiger partial charge in [-0.1, -0.05) is 6.08 Å². The first-order valence-electron chi connectivity index (χ1n) is 5.63. The highest BCUT2D eigenvalue weighted by Crippen LogP contribution is 2.44. The van der Waals surface area contributed by atoms with Crippen molar-refractivity contribution in [2.75, 3.05) is 37.9 Å². The number of hydrogen-bond donors (Lipinski definition) is 2. The van der Waals surface area contributed by atoms with Crippen LogP contribution in [0.3, 0.4) is 0 Å². The van der Waals surface area contributed by atoms with E-state index in [9.17, 15) is 4.79 Å². The van der Waals surface area contributed by atoms with Crippen molar-refractivity contribution < 1.29 is 9.53 Å². The molecule has 0 unspecified atom stereocenters. The van der Waals surface area contributed by atoms with E-state index in [1.165, 1.54) is 11.3 Å². The Morgan fingerprint density at radius 1 is 1.67 bits per heavy atom. The molecule has 1 rings (SSSR count). The SMILES string of the molecule is C=CCNC(=O)c1sc(N(C)CC)c(OC)c1N. The Morgan fingerprint density at radius 3 is 2.83 bits per heavy atom. The lowest BCUT2D eigenvalue weighted by molar-refractivity contribution is 0.0962. The van der Waals surface area contributed by atoms with Crippen LogP contribution >= 0.6 is 11.3 Å². The average Bonchev–Trinajstić information content (AvgIpc) is 2.72. The molecule has 0 aromatic carbocycles. The number of nitrogens with zero attached hydrogens (tertiary/aromatic N) is 1. The van der Waals surface area contributed by atoms with Crippen LogP contribution in [0, 0.1) is 0 Å². The summed E-state index contributed by atoms with van der Waals surface area (Å²) in [5.41, 5.74) is 6.34. The van der Waals surface area contributed by atoms with Gasteiger partial charge in [-0.25, -0.2) is 0 Å². The van der Waals surface area contributed by atoms with Crippen molar-refractivity contribution in [3.63, 3.8) is 0 Å². The largest absolute Gasteiger partial charge is 0.492 e. The summed E-state index contributed by atoms with van der Waals surface area (Å²) in [5.74, 6) is 0.361. The van der Waals surface area contributed by atoms with Gasteiger partial charge in [-0.3, -0.25) is 4.79 Å². The van der Waals surface area contributed by atoms with Crippen molar-refractivity contribution in [1.29, 1.82) is 0 Å². The number of carbonyl (C=O) groups is 1. The smallest absolute Gasteiger partial charge is 0.263 e. The summed E-state index contributed by atoms with van der Waals surface area (Å²) in [7, 11) is 3.48. The van der Waals surface area contributed by atoms with E-state index < -0.39 is 0 Å². The second-order valence-corrected chi connectivity index (χ2v) is 4.70. The number of hydrogen-bond acceptors (Lipinski definition) is 5. The van der Waals surface area contributed by atoms with Gasteiger partial charge in [0.15, 0.2) is 5.75 Å². The van der Waals surface area contributed by atoms with E-state index in [2.05, 4.69) is 11.9 Å². The maximum atomic E-state index is 11.9. The molecule has 18 heavy (non-hydrogen) atoms. The van der Waals surface area contributed by atoms with Crippen LogP contribution in [0.4, 0.5) is 10.7 Å². The van der Waals surface area contributed by atoms with Gasteiger partial charge in [-0.05, 0) is 6.92 Å². The summed E-state index contributed by atoms with van der Waals surface area (Å²) >= 11 is 1.33. The number of amides is 1. The number of ether oxygens (including phenoxy) is 1. The molecule has 0 radical (unpaired) electrons. The predicted octanol–water partition coefficient (Wildman–Crippen LogP) is 1.71. The second-order valence-electron chi connectivity index (χ2n) is 3.70. The fourth-order valence-electron chi connectivity index (χ4n) is 1.42. The number of rotatable bonds is 6. The van der Waals surface area contributed by atoms with Crippen molar-refractivity contribution in [3.8, 4) is 5.75 Å². The molecule has 6 heteroatoms. The van der Waals surface area contributed by atoms with E-state index in [0.29, 0.717) is 22.9 Å². The number of nitrogen functional groups attached to an aromatic ring is 1. The Balaban J connectivity index is 3.10. The normalized spacial score (nSPS) is 9.94. The number of nitrogens with two attached hydrogens (primary N) is 1. The van der Waals surface area contributed by atoms with E-state index in [1.807, 2.05) is 18.9 Å². The maximum absolute atomic E-state index is 11.9. The Kier molecular flexibility index (Phi) is 5.03. The first-order valence-corrected chi connectivity index (χ1v) is 6.44. The highest BCUT2D eigenvalue weighted by molar-refractivity contribution is 7.19. The zero-order chi connectivity index (χ0) is 13.7. The Labute approximate surface area is 111 Å². The lowest BCUT2D eigenvalue weighted by Gasteiger charge is -2.15. The molecule has 1 aromatic rings. The highest BCUT2D eigenvalue weighted by Gasteiger charge is 2.23. The molecule has 0 saturated carbocycles. The molecule has 0 bridgehead atoms. The standard InChI is InChI=1S/C12H19N3O2S/c1-5-7-14-11(16)10-8(13)9(17-4)12(18-10)15(3)6-2/h5H,1,6-7,13H2,2-4H3,(H,14,16). The van der Waals surface area contributed by atoms with E-state index in [-0.39, 0.29) is 5.91 Å². The third-order valence-corrected chi connectivity index (χ3v) is 3.82. The van der Waals surface area contributed by atoms with E-state index in [0.717, 1.165) is 11.5 Å². The minimum absolute atomic E-state index is 0.202. The van der Waals surface area contributed by atoms with Crippen LogP contribution in [0.2, 0.25) is 0 Å². The minimum atomic E-state index is -0.202. The van der Waals surface area contributed by atoms with E-state index >= 15 is 0 Å². The fourth-order valence-corrected chi connectivity index (χ4v) is 2.55. The first-order chi connectivity index (χ1) is 8.56. The maximum Gasteiger partial charge on any atom is 0.263 e. The van der Waals surface area contributed by atoms with Crippen molar-refractivity contribution in [3.05, 3.63) is 17.5 Å². The molecule has 3 N–H and O–H groups in total. The molecule has 0 atom stereocenters. The zero-order valence-electron chi connectivity index (χ0n) is 10.9. The van der Waals surface area contributed by atoms with Crippen molar-refractivity contribution in [1.82, 2.24) is 5.32 Å². The monoisotopic (exact) mass is 269 g/mol. The fraction of sp³-hybridized carbons (Fsp3) is 0.417. The van der Waals surface area contributed by atoms with Gasteiger partial charge in [0.05, 0.1) is 7.11 Å². The summed E-state index contributed by atoms with van der Waals surface area (Å²) < 4.78 is 5.28. The molecule has 0 aliphatic rings. The van der Waals surface area contributed by atoms with Crippen molar-refractivity contribution in [2.24, 2.45) is 0 Å². The van der Waals surface area contributed by atoms with Gasteiger partial charge in [0.2, 0.25) is 0 Å². The van der Waals surface area contributed by atoms with Crippen LogP contribution in [0.1, 0.15) is 16.6 Å². The number of thiophene rings is 1. The van der Waals surface area contributed by atoms with Crippen molar-refractivity contribution >= 4 is 27.9 Å². The predicted molar refractivity (Wildman–Crippen MR) is 76.8 cm³/mol. The molecule has 0 aliphatic carbocycles. The average molecular weight is 269 g/mol. The van der Waals surface area contributed by atoms with Crippen LogP contribution in [-0.4, -0.2) is 33.2 Å². The summed E-state index contributed by atoms with van der Waals surface area (Å²) in [4.78, 5) is 14.4. The van der Waals surface area contributed by atoms with Crippen LogP contribution in [-0.2, 0) is 0 Å². The lowest BCUT2D eigenvalue weighted by atomic mass is 10.3. The molecular formula is C12H19N3O2S. The van der Waals surface area contributed by atoms with Gasteiger partial charge >= 0.3 is 0 Å². The molecule has 0 fully saturated rings. The van der Waals surface area contributed by atoms with Gasteiger partial charge in [0, 0.05) is 20.1 Å². The zero-order valence-corrected chi connectivity index (χ0v) is 11.8. The van der Waals surface area contributed by atoms with Crippen molar-refractivity contribution in [2.45, 2.75) is 6.92 Å². The third-order valence-electron chi connectivity index (χ3n) is 2.52. The minimum Gasteiger partial charge on any atom is -0.492 e. The summed E-state index contributed by atoms with van der Waals surface area (Å²) in [6.45, 7) is 6.80. The second kappa shape index (κ2) is 6.30. The van der Waals surface area contributed by atoms with Gasteiger partial charge in [-0.15, -0.1) is 17.9 Å². The topological polar surface area (TPSA) is 67.6 Å². The van der Waals surface area contributed by atoms with Crippen LogP contribution in [0.5, 0.6) is 5.75 Å². The van der Waals surface area contributed by atoms with Crippen LogP contribution in [0.15, 0.2) is 12.7 Å². The molecular weight excluding hydrogens is 250 g/mol. The molecule has 100 valence electrons. The number of carbonyl (C=O) groups excluding carboxylic acids is 1. The van der Waals surface area contributed by atoms with E-state index in [1.54, 1.807) is 13.2 Å². The van der Waals surface area contributed by atoms with Gasteiger partial charge in [0.25, 0.3) is 5.91 Å². The molecule has 1 amide bonds. The molecule has 0 spiro atoms. The Morgan fingerprint density at radius 2 is 2.33 bits per heavy atom. The van der Waals surface area contributed by atoms with Gasteiger partial charge < -0.3 is 20.7 Å². The third kappa shape index (κ3) is 2.76. The molecule has 0 aliphatic heterocycles. The van der Waals surface area contributed by atoms with E-state index in [4.69, 9.17) is 10.5 Å². The summed E-state index contributed by atoms with van der Waals surface area (Å²) in [6.07, 6.45) is 1.62. The van der Waals surface area contributed by atoms with Gasteiger partial charge in [-0.2, -0.15) is 0 Å². The van der Waals surface area contributed by atoms with Crippen LogP contribution < -0.4 is 20.7 Å². The Hall–Kier alpha value is -1.69. The number of nitrogens with one attached hydrogen (secondary N) is 1. The van der Waals surface area contributed by atoms with Gasteiger partial charge in [0.1, 0.15) is 15.6 Å². The quantitative estimate of drug-likeness (QED) is 0.772. The molecule has 5 nitrogen and oxygen atoms in total. The summed E-state index contributed by atoms with van der Waals surface area (Å²) in [6, 6.07) is 0. The lowest BCUT2D eigenvalue weighted by Crippen LogP contribution is -2.23. The molecule has 1 aromatic heterocycles. The molecule has 1 heterocycles. The Bertz CT molecular complexity index is 443.